The highest BCUT2D eigenvalue weighted by molar-refractivity contribution is 5.86. The minimum Gasteiger partial charge on any atom is -0.490 e. The van der Waals surface area contributed by atoms with Crippen LogP contribution in [-0.4, -0.2) is 70.8 Å². The Kier molecular flexibility index (Phi) is 11.1. The molecule has 2 atom stereocenters. The summed E-state index contributed by atoms with van der Waals surface area (Å²) in [5.41, 5.74) is 2.10. The van der Waals surface area contributed by atoms with Crippen molar-refractivity contribution in [1.29, 1.82) is 0 Å². The molecule has 0 bridgehead atoms. The number of fused-ring (bicyclic) bond motifs is 2. The van der Waals surface area contributed by atoms with E-state index in [0.29, 0.717) is 38.4 Å². The van der Waals surface area contributed by atoms with Gasteiger partial charge in [-0.25, -0.2) is 0 Å². The van der Waals surface area contributed by atoms with Gasteiger partial charge in [0.1, 0.15) is 36.9 Å². The molecule has 0 aliphatic heterocycles. The summed E-state index contributed by atoms with van der Waals surface area (Å²) < 4.78 is 11.4. The van der Waals surface area contributed by atoms with E-state index in [-0.39, 0.29) is 0 Å². The maximum absolute atomic E-state index is 10.1. The van der Waals surface area contributed by atoms with Crippen molar-refractivity contribution >= 4 is 21.8 Å². The van der Waals surface area contributed by atoms with Gasteiger partial charge in [-0.3, -0.25) is 0 Å². The largest absolute Gasteiger partial charge is 0.490 e. The van der Waals surface area contributed by atoms with Crippen LogP contribution in [0.5, 0.6) is 11.5 Å². The predicted molar refractivity (Wildman–Crippen MR) is 158 cm³/mol. The van der Waals surface area contributed by atoms with Gasteiger partial charge in [0, 0.05) is 59.4 Å². The first-order valence-electron chi connectivity index (χ1n) is 14.2. The average molecular weight is 537 g/mol. The van der Waals surface area contributed by atoms with Gasteiger partial charge in [0.15, 0.2) is 0 Å². The molecule has 0 radical (unpaired) electrons. The van der Waals surface area contributed by atoms with Crippen molar-refractivity contribution in [3.8, 4) is 11.5 Å². The van der Waals surface area contributed by atoms with Crippen molar-refractivity contribution in [2.24, 2.45) is 0 Å². The second kappa shape index (κ2) is 14.9. The maximum atomic E-state index is 10.1. The molecule has 39 heavy (non-hydrogen) atoms. The molecule has 4 aromatic rings. The number of aromatic amines is 2. The molecular weight excluding hydrogens is 492 g/mol. The van der Waals surface area contributed by atoms with Crippen LogP contribution in [0.25, 0.3) is 21.8 Å². The SMILES string of the molecule is CC(C)NCC(O)COc1cccc2[nH]ccc12.OC(CNC1CCCCC1)COc1cccc2[nH]ccc12. The Morgan fingerprint density at radius 3 is 1.85 bits per heavy atom. The van der Waals surface area contributed by atoms with Crippen molar-refractivity contribution in [3.05, 3.63) is 60.9 Å². The number of benzene rings is 2. The predicted octanol–water partition coefficient (Wildman–Crippen LogP) is 4.74. The van der Waals surface area contributed by atoms with Crippen molar-refractivity contribution in [3.63, 3.8) is 0 Å². The van der Waals surface area contributed by atoms with E-state index in [2.05, 4.69) is 20.6 Å². The molecule has 2 unspecified atom stereocenters. The Balaban J connectivity index is 0.000000183. The highest BCUT2D eigenvalue weighted by Crippen LogP contribution is 2.25. The lowest BCUT2D eigenvalue weighted by molar-refractivity contribution is 0.102. The molecular formula is C31H44N4O4. The van der Waals surface area contributed by atoms with Gasteiger partial charge in [0.25, 0.3) is 0 Å². The van der Waals surface area contributed by atoms with Crippen LogP contribution in [0.4, 0.5) is 0 Å². The average Bonchev–Trinajstić information content (AvgIpc) is 3.64. The quantitative estimate of drug-likeness (QED) is 0.156. The molecule has 2 aromatic heterocycles. The summed E-state index contributed by atoms with van der Waals surface area (Å²) in [5.74, 6) is 1.63. The van der Waals surface area contributed by atoms with Crippen LogP contribution in [0, 0.1) is 0 Å². The van der Waals surface area contributed by atoms with Gasteiger partial charge >= 0.3 is 0 Å². The van der Waals surface area contributed by atoms with Crippen LogP contribution < -0.4 is 20.1 Å². The zero-order chi connectivity index (χ0) is 27.5. The summed E-state index contributed by atoms with van der Waals surface area (Å²) in [5, 5.41) is 28.6. The molecule has 0 saturated heterocycles. The van der Waals surface area contributed by atoms with Gasteiger partial charge in [-0.05, 0) is 49.2 Å². The van der Waals surface area contributed by atoms with Crippen LogP contribution >= 0.6 is 0 Å². The molecule has 5 rings (SSSR count). The van der Waals surface area contributed by atoms with Gasteiger partial charge < -0.3 is 40.3 Å². The van der Waals surface area contributed by atoms with E-state index in [1.54, 1.807) is 0 Å². The first-order chi connectivity index (χ1) is 19.0. The molecule has 2 aromatic carbocycles. The Morgan fingerprint density at radius 1 is 0.769 bits per heavy atom. The number of aromatic nitrogens is 2. The maximum Gasteiger partial charge on any atom is 0.128 e. The number of nitrogens with one attached hydrogen (secondary N) is 4. The smallest absolute Gasteiger partial charge is 0.128 e. The number of hydrogen-bond donors (Lipinski definition) is 6. The van der Waals surface area contributed by atoms with E-state index >= 15 is 0 Å². The third-order valence-electron chi connectivity index (χ3n) is 6.98. The van der Waals surface area contributed by atoms with E-state index in [1.807, 2.05) is 74.8 Å². The van der Waals surface area contributed by atoms with Crippen LogP contribution in [-0.2, 0) is 0 Å². The highest BCUT2D eigenvalue weighted by atomic mass is 16.5. The van der Waals surface area contributed by atoms with Gasteiger partial charge in [-0.1, -0.05) is 45.2 Å². The van der Waals surface area contributed by atoms with Crippen LogP contribution in [0.1, 0.15) is 46.0 Å². The summed E-state index contributed by atoms with van der Waals surface area (Å²) in [6.45, 7) is 5.87. The van der Waals surface area contributed by atoms with Crippen molar-refractivity contribution in [2.45, 2.75) is 70.2 Å². The molecule has 1 saturated carbocycles. The van der Waals surface area contributed by atoms with Crippen molar-refractivity contribution in [1.82, 2.24) is 20.6 Å². The number of aliphatic hydroxyl groups excluding tert-OH is 2. The topological polar surface area (TPSA) is 115 Å². The molecule has 1 aliphatic rings. The van der Waals surface area contributed by atoms with Crippen LogP contribution in [0.2, 0.25) is 0 Å². The molecule has 0 amide bonds. The van der Waals surface area contributed by atoms with Crippen LogP contribution in [0.3, 0.4) is 0 Å². The summed E-state index contributed by atoms with van der Waals surface area (Å²) in [6, 6.07) is 16.7. The monoisotopic (exact) mass is 536 g/mol. The molecule has 2 heterocycles. The fourth-order valence-corrected chi connectivity index (χ4v) is 4.84. The number of H-pyrrole nitrogens is 2. The molecule has 6 N–H and O–H groups in total. The van der Waals surface area contributed by atoms with Gasteiger partial charge in [-0.2, -0.15) is 0 Å². The standard InChI is InChI=1S/C17H24N2O2.C14H20N2O2/c20-14(11-19-13-5-2-1-3-6-13)12-21-17-8-4-7-16-15(17)9-10-18-16;1-10(2)16-8-11(17)9-18-14-5-3-4-13-12(14)6-7-15-13/h4,7-10,13-14,18-20H,1-3,5-6,11-12H2;3-7,10-11,15-17H,8-9H2,1-2H3. The Labute approximate surface area is 231 Å². The minimum absolute atomic E-state index is 0.296. The number of aliphatic hydroxyl groups is 2. The number of rotatable bonds is 12. The minimum atomic E-state index is -0.499. The van der Waals surface area contributed by atoms with E-state index in [1.165, 1.54) is 32.1 Å². The van der Waals surface area contributed by atoms with Gasteiger partial charge in [0.05, 0.1) is 0 Å². The molecule has 212 valence electrons. The summed E-state index contributed by atoms with van der Waals surface area (Å²) in [4.78, 5) is 6.29. The third-order valence-corrected chi connectivity index (χ3v) is 6.98. The first kappa shape index (κ1) is 29.0. The summed E-state index contributed by atoms with van der Waals surface area (Å²) in [7, 11) is 0. The fraction of sp³-hybridized carbons (Fsp3) is 0.484. The fourth-order valence-electron chi connectivity index (χ4n) is 4.84. The van der Waals surface area contributed by atoms with E-state index in [9.17, 15) is 10.2 Å². The second-order valence-electron chi connectivity index (χ2n) is 10.6. The first-order valence-corrected chi connectivity index (χ1v) is 14.2. The second-order valence-corrected chi connectivity index (χ2v) is 10.6. The van der Waals surface area contributed by atoms with Crippen LogP contribution in [0.15, 0.2) is 60.9 Å². The Morgan fingerprint density at radius 2 is 1.31 bits per heavy atom. The number of ether oxygens (including phenoxy) is 2. The lowest BCUT2D eigenvalue weighted by Crippen LogP contribution is -2.38. The highest BCUT2D eigenvalue weighted by Gasteiger charge is 2.15. The number of hydrogen-bond acceptors (Lipinski definition) is 6. The van der Waals surface area contributed by atoms with Crippen molar-refractivity contribution in [2.75, 3.05) is 26.3 Å². The molecule has 1 fully saturated rings. The van der Waals surface area contributed by atoms with E-state index in [4.69, 9.17) is 9.47 Å². The Bertz CT molecular complexity index is 1250. The zero-order valence-electron chi connectivity index (χ0n) is 23.2. The molecule has 0 spiro atoms. The molecule has 8 heteroatoms. The third kappa shape index (κ3) is 9.00. The normalized spacial score (nSPS) is 15.7. The summed E-state index contributed by atoms with van der Waals surface area (Å²) >= 11 is 0. The van der Waals surface area contributed by atoms with Crippen molar-refractivity contribution < 1.29 is 19.7 Å². The zero-order valence-corrected chi connectivity index (χ0v) is 23.2. The molecule has 1 aliphatic carbocycles. The van der Waals surface area contributed by atoms with E-state index in [0.717, 1.165) is 33.3 Å². The Hall–Kier alpha value is -3.04. The van der Waals surface area contributed by atoms with Gasteiger partial charge in [0.2, 0.25) is 0 Å². The van der Waals surface area contributed by atoms with E-state index < -0.39 is 12.2 Å². The lowest BCUT2D eigenvalue weighted by Gasteiger charge is -2.24. The molecule has 8 nitrogen and oxygen atoms in total. The van der Waals surface area contributed by atoms with Gasteiger partial charge in [-0.15, -0.1) is 0 Å². The lowest BCUT2D eigenvalue weighted by atomic mass is 9.95. The summed E-state index contributed by atoms with van der Waals surface area (Å²) in [6.07, 6.45) is 9.24.